The minimum Gasteiger partial charge on any atom is -0.399 e. The van der Waals surface area contributed by atoms with Crippen LogP contribution in [0.4, 0.5) is 18.9 Å². The van der Waals surface area contributed by atoms with Crippen molar-refractivity contribution >= 4 is 5.69 Å². The van der Waals surface area contributed by atoms with Crippen LogP contribution in [0, 0.1) is 6.92 Å². The van der Waals surface area contributed by atoms with Gasteiger partial charge >= 0.3 is 6.18 Å². The summed E-state index contributed by atoms with van der Waals surface area (Å²) in [6, 6.07) is 4.23. The molecular formula is C12H14F3N5. The largest absolute Gasteiger partial charge is 0.399 e. The average Bonchev–Trinajstić information content (AvgIpc) is 2.79. The molecule has 0 saturated carbocycles. The van der Waals surface area contributed by atoms with Gasteiger partial charge in [-0.2, -0.15) is 13.2 Å². The summed E-state index contributed by atoms with van der Waals surface area (Å²) in [6.45, 7) is 3.24. The lowest BCUT2D eigenvalue weighted by atomic mass is 10.1. The first-order valence-electron chi connectivity index (χ1n) is 5.99. The number of alkyl halides is 3. The van der Waals surface area contributed by atoms with Gasteiger partial charge in [0.15, 0.2) is 5.82 Å². The molecule has 2 aromatic rings. The average molecular weight is 285 g/mol. The molecule has 2 rings (SSSR count). The van der Waals surface area contributed by atoms with Gasteiger partial charge in [-0.1, -0.05) is 0 Å². The van der Waals surface area contributed by atoms with Crippen molar-refractivity contribution < 1.29 is 13.2 Å². The van der Waals surface area contributed by atoms with E-state index in [-0.39, 0.29) is 0 Å². The van der Waals surface area contributed by atoms with Gasteiger partial charge in [-0.3, -0.25) is 0 Å². The number of rotatable bonds is 3. The molecule has 1 unspecified atom stereocenters. The van der Waals surface area contributed by atoms with Gasteiger partial charge in [-0.15, -0.1) is 5.10 Å². The molecule has 0 spiro atoms. The van der Waals surface area contributed by atoms with Crippen molar-refractivity contribution in [1.29, 1.82) is 0 Å². The Hall–Kier alpha value is -2.12. The highest BCUT2D eigenvalue weighted by Gasteiger charge is 2.32. The number of nitrogens with two attached hydrogens (primary N) is 1. The molecule has 0 saturated heterocycles. The van der Waals surface area contributed by atoms with E-state index in [1.165, 1.54) is 11.6 Å². The maximum absolute atomic E-state index is 12.5. The number of aryl methyl sites for hydroxylation is 1. The highest BCUT2D eigenvalue weighted by atomic mass is 19.4. The second kappa shape index (κ2) is 5.10. The van der Waals surface area contributed by atoms with Crippen LogP contribution in [0.2, 0.25) is 0 Å². The molecule has 1 atom stereocenters. The molecule has 1 aromatic heterocycles. The number of benzene rings is 1. The number of hydrogen-bond donors (Lipinski definition) is 1. The van der Waals surface area contributed by atoms with Crippen LogP contribution in [-0.4, -0.2) is 26.4 Å². The molecule has 2 N–H and O–H groups in total. The van der Waals surface area contributed by atoms with E-state index in [2.05, 4.69) is 15.5 Å². The van der Waals surface area contributed by atoms with Crippen LogP contribution < -0.4 is 5.73 Å². The lowest BCUT2D eigenvalue weighted by molar-refractivity contribution is -0.142. The van der Waals surface area contributed by atoms with Crippen LogP contribution in [0.25, 0.3) is 11.4 Å². The number of nitrogens with zero attached hydrogens (tertiary/aromatic N) is 4. The van der Waals surface area contributed by atoms with Crippen LogP contribution in [0.15, 0.2) is 18.2 Å². The standard InChI is InChI=1S/C12H14F3N5/c1-7-5-9(3-4-10(7)16)11-17-18-19-20(11)8(2)6-12(13,14)15/h3-5,8H,6,16H2,1-2H3. The van der Waals surface area contributed by atoms with E-state index in [1.807, 2.05) is 6.92 Å². The van der Waals surface area contributed by atoms with Crippen molar-refractivity contribution in [2.75, 3.05) is 5.73 Å². The smallest absolute Gasteiger partial charge is 0.391 e. The van der Waals surface area contributed by atoms with Crippen molar-refractivity contribution in [3.05, 3.63) is 23.8 Å². The molecule has 0 bridgehead atoms. The minimum atomic E-state index is -4.26. The first-order valence-corrected chi connectivity index (χ1v) is 5.99. The summed E-state index contributed by atoms with van der Waals surface area (Å²) in [6.07, 6.45) is -5.25. The van der Waals surface area contributed by atoms with E-state index < -0.39 is 18.6 Å². The van der Waals surface area contributed by atoms with Gasteiger partial charge in [-0.25, -0.2) is 4.68 Å². The number of nitrogen functional groups attached to an aromatic ring is 1. The van der Waals surface area contributed by atoms with Gasteiger partial charge < -0.3 is 5.73 Å². The number of anilines is 1. The molecular weight excluding hydrogens is 271 g/mol. The van der Waals surface area contributed by atoms with E-state index in [1.54, 1.807) is 18.2 Å². The summed E-state index contributed by atoms with van der Waals surface area (Å²) in [5.74, 6) is 0.296. The lowest BCUT2D eigenvalue weighted by Crippen LogP contribution is -2.18. The molecule has 0 aliphatic rings. The quantitative estimate of drug-likeness (QED) is 0.880. The van der Waals surface area contributed by atoms with Crippen LogP contribution in [0.5, 0.6) is 0 Å². The Kier molecular flexibility index (Phi) is 3.65. The van der Waals surface area contributed by atoms with E-state index in [4.69, 9.17) is 5.73 Å². The Labute approximate surface area is 113 Å². The van der Waals surface area contributed by atoms with E-state index in [0.29, 0.717) is 17.1 Å². The molecule has 0 radical (unpaired) electrons. The molecule has 1 heterocycles. The molecule has 8 heteroatoms. The topological polar surface area (TPSA) is 69.6 Å². The molecule has 0 aliphatic carbocycles. The van der Waals surface area contributed by atoms with Crippen molar-refractivity contribution in [3.63, 3.8) is 0 Å². The van der Waals surface area contributed by atoms with Gasteiger partial charge in [0.05, 0.1) is 12.5 Å². The second-order valence-electron chi connectivity index (χ2n) is 4.69. The summed E-state index contributed by atoms with van der Waals surface area (Å²) in [7, 11) is 0. The van der Waals surface area contributed by atoms with Crippen molar-refractivity contribution in [2.45, 2.75) is 32.5 Å². The lowest BCUT2D eigenvalue weighted by Gasteiger charge is -2.15. The molecule has 20 heavy (non-hydrogen) atoms. The summed E-state index contributed by atoms with van der Waals surface area (Å²) >= 11 is 0. The third kappa shape index (κ3) is 3.06. The predicted molar refractivity (Wildman–Crippen MR) is 67.8 cm³/mol. The summed E-state index contributed by atoms with van der Waals surface area (Å²) in [4.78, 5) is 0. The highest BCUT2D eigenvalue weighted by Crippen LogP contribution is 2.30. The zero-order valence-electron chi connectivity index (χ0n) is 11.0. The Morgan fingerprint density at radius 1 is 1.35 bits per heavy atom. The van der Waals surface area contributed by atoms with Gasteiger partial charge in [0.2, 0.25) is 0 Å². The Morgan fingerprint density at radius 3 is 2.65 bits per heavy atom. The summed E-state index contributed by atoms with van der Waals surface area (Å²) < 4.78 is 38.5. The first kappa shape index (κ1) is 14.3. The molecule has 108 valence electrons. The molecule has 1 aromatic carbocycles. The van der Waals surface area contributed by atoms with E-state index in [0.717, 1.165) is 5.56 Å². The van der Waals surface area contributed by atoms with Crippen molar-refractivity contribution in [2.24, 2.45) is 0 Å². The molecule has 0 amide bonds. The van der Waals surface area contributed by atoms with Gasteiger partial charge in [0.25, 0.3) is 0 Å². The zero-order valence-corrected chi connectivity index (χ0v) is 11.0. The van der Waals surface area contributed by atoms with Gasteiger partial charge in [-0.05, 0) is 48.0 Å². The highest BCUT2D eigenvalue weighted by molar-refractivity contribution is 5.61. The molecule has 0 aliphatic heterocycles. The first-order chi connectivity index (χ1) is 9.28. The Balaban J connectivity index is 2.35. The second-order valence-corrected chi connectivity index (χ2v) is 4.69. The van der Waals surface area contributed by atoms with Gasteiger partial charge in [0, 0.05) is 11.3 Å². The fraction of sp³-hybridized carbons (Fsp3) is 0.417. The molecule has 0 fully saturated rings. The van der Waals surface area contributed by atoms with Crippen LogP contribution >= 0.6 is 0 Å². The fourth-order valence-electron chi connectivity index (χ4n) is 1.92. The van der Waals surface area contributed by atoms with Crippen molar-refractivity contribution in [1.82, 2.24) is 20.2 Å². The maximum atomic E-state index is 12.5. The number of halogens is 3. The third-order valence-electron chi connectivity index (χ3n) is 2.97. The number of tetrazole rings is 1. The Morgan fingerprint density at radius 2 is 2.05 bits per heavy atom. The van der Waals surface area contributed by atoms with Crippen molar-refractivity contribution in [3.8, 4) is 11.4 Å². The van der Waals surface area contributed by atoms with Crippen LogP contribution in [0.1, 0.15) is 24.9 Å². The zero-order chi connectivity index (χ0) is 14.9. The maximum Gasteiger partial charge on any atom is 0.391 e. The Bertz CT molecular complexity index is 605. The van der Waals surface area contributed by atoms with Gasteiger partial charge in [0.1, 0.15) is 0 Å². The van der Waals surface area contributed by atoms with Crippen LogP contribution in [0.3, 0.4) is 0 Å². The minimum absolute atomic E-state index is 0.296. The summed E-state index contributed by atoms with van der Waals surface area (Å²) in [5, 5.41) is 10.9. The monoisotopic (exact) mass is 285 g/mol. The van der Waals surface area contributed by atoms with E-state index in [9.17, 15) is 13.2 Å². The third-order valence-corrected chi connectivity index (χ3v) is 2.97. The van der Waals surface area contributed by atoms with Crippen LogP contribution in [-0.2, 0) is 0 Å². The summed E-state index contributed by atoms with van der Waals surface area (Å²) in [5.41, 5.74) is 7.78. The number of hydrogen-bond acceptors (Lipinski definition) is 4. The predicted octanol–water partition coefficient (Wildman–Crippen LogP) is 2.74. The molecule has 5 nitrogen and oxygen atoms in total. The SMILES string of the molecule is Cc1cc(-c2nnnn2C(C)CC(F)(F)F)ccc1N. The fourth-order valence-corrected chi connectivity index (χ4v) is 1.92. The van der Waals surface area contributed by atoms with E-state index >= 15 is 0 Å². The number of aromatic nitrogens is 4. The normalized spacial score (nSPS) is 13.4.